The number of pyridine rings is 1. The second kappa shape index (κ2) is 4.74. The predicted molar refractivity (Wildman–Crippen MR) is 87.0 cm³/mol. The van der Waals surface area contributed by atoms with Crippen LogP contribution in [0.4, 0.5) is 0 Å². The molecule has 0 fully saturated rings. The van der Waals surface area contributed by atoms with Gasteiger partial charge in [-0.2, -0.15) is 0 Å². The van der Waals surface area contributed by atoms with Crippen LogP contribution in [0.25, 0.3) is 23.0 Å². The van der Waals surface area contributed by atoms with E-state index in [0.717, 1.165) is 11.4 Å². The van der Waals surface area contributed by atoms with Crippen LogP contribution in [0.5, 0.6) is 0 Å². The Morgan fingerprint density at radius 3 is 2.76 bits per heavy atom. The largest absolute Gasteiger partial charge is 0.379 e. The summed E-state index contributed by atoms with van der Waals surface area (Å²) in [7, 11) is 0. The van der Waals surface area contributed by atoms with Crippen LogP contribution in [-0.4, -0.2) is 4.98 Å². The molecule has 0 amide bonds. The Morgan fingerprint density at radius 2 is 1.86 bits per heavy atom. The van der Waals surface area contributed by atoms with Gasteiger partial charge in [-0.15, -0.1) is 0 Å². The summed E-state index contributed by atoms with van der Waals surface area (Å²) in [6, 6.07) is 19.2. The molecule has 4 rings (SSSR count). The van der Waals surface area contributed by atoms with E-state index >= 15 is 0 Å². The van der Waals surface area contributed by atoms with Crippen LogP contribution < -0.4 is 15.8 Å². The molecular formula is C19H16N2. The lowest BCUT2D eigenvalue weighted by molar-refractivity contribution is 0.778. The fraction of sp³-hybridized carbons (Fsp3) is 0.105. The van der Waals surface area contributed by atoms with Crippen molar-refractivity contribution < 1.29 is 0 Å². The number of aryl methyl sites for hydroxylation is 1. The summed E-state index contributed by atoms with van der Waals surface area (Å²) in [5.74, 6) is 0. The van der Waals surface area contributed by atoms with Crippen molar-refractivity contribution in [3.8, 4) is 0 Å². The monoisotopic (exact) mass is 272 g/mol. The molecule has 0 bridgehead atoms. The molecule has 2 heteroatoms. The summed E-state index contributed by atoms with van der Waals surface area (Å²) in [6.07, 6.45) is 4.37. The van der Waals surface area contributed by atoms with Gasteiger partial charge in [-0.3, -0.25) is 4.98 Å². The van der Waals surface area contributed by atoms with Crippen molar-refractivity contribution in [3.63, 3.8) is 0 Å². The maximum atomic E-state index is 4.64. The molecule has 2 nitrogen and oxygen atoms in total. The van der Waals surface area contributed by atoms with Crippen LogP contribution in [0.1, 0.15) is 17.4 Å². The quantitative estimate of drug-likeness (QED) is 0.736. The first-order chi connectivity index (χ1) is 10.3. The zero-order valence-corrected chi connectivity index (χ0v) is 11.9. The maximum absolute atomic E-state index is 4.64. The third kappa shape index (κ3) is 2.09. The van der Waals surface area contributed by atoms with Crippen molar-refractivity contribution in [3.05, 3.63) is 76.4 Å². The lowest BCUT2D eigenvalue weighted by Gasteiger charge is -2.17. The minimum atomic E-state index is 0.128. The van der Waals surface area contributed by atoms with Gasteiger partial charge < -0.3 is 5.32 Å². The van der Waals surface area contributed by atoms with Gasteiger partial charge in [0.1, 0.15) is 0 Å². The lowest BCUT2D eigenvalue weighted by Crippen LogP contribution is -2.35. The first kappa shape index (κ1) is 12.2. The molecule has 0 aliphatic carbocycles. The fourth-order valence-electron chi connectivity index (χ4n) is 2.93. The number of rotatable bonds is 1. The van der Waals surface area contributed by atoms with Gasteiger partial charge in [0.25, 0.3) is 0 Å². The Balaban J connectivity index is 1.95. The summed E-state index contributed by atoms with van der Waals surface area (Å²) in [5.41, 5.74) is 2.11. The number of nitrogens with one attached hydrogen (secondary N) is 1. The number of nitrogens with zero attached hydrogens (tertiary/aromatic N) is 1. The predicted octanol–water partition coefficient (Wildman–Crippen LogP) is 2.41. The average molecular weight is 272 g/mol. The third-order valence-corrected chi connectivity index (χ3v) is 3.98. The topological polar surface area (TPSA) is 24.9 Å². The van der Waals surface area contributed by atoms with E-state index in [4.69, 9.17) is 0 Å². The van der Waals surface area contributed by atoms with E-state index in [0.29, 0.717) is 0 Å². The average Bonchev–Trinajstić information content (AvgIpc) is 2.54. The number of hydrogen-bond acceptors (Lipinski definition) is 2. The number of fused-ring (bicyclic) bond motifs is 3. The van der Waals surface area contributed by atoms with Crippen LogP contribution in [0, 0.1) is 6.92 Å². The molecule has 2 aromatic carbocycles. The Morgan fingerprint density at radius 1 is 0.952 bits per heavy atom. The molecular weight excluding hydrogens is 256 g/mol. The molecule has 102 valence electrons. The molecule has 1 aliphatic rings. The summed E-state index contributed by atoms with van der Waals surface area (Å²) in [4.78, 5) is 4.64. The minimum absolute atomic E-state index is 0.128. The summed E-state index contributed by atoms with van der Waals surface area (Å²) in [6.45, 7) is 2.03. The van der Waals surface area contributed by atoms with Gasteiger partial charge in [0.15, 0.2) is 0 Å². The first-order valence-corrected chi connectivity index (χ1v) is 7.21. The molecule has 1 aromatic heterocycles. The second-order valence-corrected chi connectivity index (χ2v) is 5.45. The normalized spacial score (nSPS) is 16.5. The van der Waals surface area contributed by atoms with Crippen molar-refractivity contribution in [2.45, 2.75) is 13.0 Å². The van der Waals surface area contributed by atoms with Crippen LogP contribution in [0.3, 0.4) is 0 Å². The number of aromatic nitrogens is 1. The Hall–Kier alpha value is -2.61. The molecule has 0 saturated heterocycles. The summed E-state index contributed by atoms with van der Waals surface area (Å²) < 4.78 is 0. The third-order valence-electron chi connectivity index (χ3n) is 3.98. The molecule has 21 heavy (non-hydrogen) atoms. The summed E-state index contributed by atoms with van der Waals surface area (Å²) >= 11 is 0. The molecule has 0 spiro atoms. The summed E-state index contributed by atoms with van der Waals surface area (Å²) in [5, 5.41) is 8.54. The van der Waals surface area contributed by atoms with Crippen LogP contribution >= 0.6 is 0 Å². The van der Waals surface area contributed by atoms with Gasteiger partial charge >= 0.3 is 0 Å². The van der Waals surface area contributed by atoms with E-state index in [1.54, 1.807) is 0 Å². The van der Waals surface area contributed by atoms with Gasteiger partial charge in [0, 0.05) is 11.9 Å². The highest BCUT2D eigenvalue weighted by molar-refractivity contribution is 5.84. The van der Waals surface area contributed by atoms with Gasteiger partial charge in [-0.1, -0.05) is 42.5 Å². The number of benzene rings is 2. The van der Waals surface area contributed by atoms with Crippen molar-refractivity contribution >= 4 is 23.0 Å². The molecule has 1 unspecified atom stereocenters. The Labute approximate surface area is 123 Å². The zero-order valence-electron chi connectivity index (χ0n) is 11.9. The molecule has 1 N–H and O–H groups in total. The zero-order chi connectivity index (χ0) is 14.2. The smallest absolute Gasteiger partial charge is 0.0874 e. The second-order valence-electron chi connectivity index (χ2n) is 5.45. The molecule has 1 atom stereocenters. The molecule has 2 heterocycles. The SMILES string of the molecule is Cc1cccc(C2C=c3c(ccc4ccccc34)=CN2)n1. The molecule has 3 aromatic rings. The highest BCUT2D eigenvalue weighted by Gasteiger charge is 2.11. The minimum Gasteiger partial charge on any atom is -0.379 e. The Kier molecular flexibility index (Phi) is 2.74. The number of hydrogen-bond donors (Lipinski definition) is 1. The van der Waals surface area contributed by atoms with E-state index in [9.17, 15) is 0 Å². The molecule has 0 saturated carbocycles. The van der Waals surface area contributed by atoms with E-state index in [2.05, 4.69) is 71.1 Å². The standard InChI is InChI=1S/C19H16N2/c1-13-5-4-8-18(21-13)19-11-17-15(12-20-19)10-9-14-6-2-3-7-16(14)17/h2-12,19-20H,1H3. The van der Waals surface area contributed by atoms with Crippen LogP contribution in [-0.2, 0) is 0 Å². The van der Waals surface area contributed by atoms with Crippen molar-refractivity contribution in [2.24, 2.45) is 0 Å². The van der Waals surface area contributed by atoms with E-state index < -0.39 is 0 Å². The molecule has 0 radical (unpaired) electrons. The highest BCUT2D eigenvalue weighted by atomic mass is 14.9. The molecule has 1 aliphatic heterocycles. The van der Waals surface area contributed by atoms with E-state index in [1.165, 1.54) is 21.2 Å². The highest BCUT2D eigenvalue weighted by Crippen LogP contribution is 2.15. The van der Waals surface area contributed by atoms with Crippen molar-refractivity contribution in [2.75, 3.05) is 0 Å². The maximum Gasteiger partial charge on any atom is 0.0874 e. The van der Waals surface area contributed by atoms with Crippen LogP contribution in [0.15, 0.2) is 54.6 Å². The fourth-order valence-corrected chi connectivity index (χ4v) is 2.93. The first-order valence-electron chi connectivity index (χ1n) is 7.21. The lowest BCUT2D eigenvalue weighted by atomic mass is 10.0. The van der Waals surface area contributed by atoms with Gasteiger partial charge in [-0.05, 0) is 46.3 Å². The van der Waals surface area contributed by atoms with Crippen LogP contribution in [0.2, 0.25) is 0 Å². The van der Waals surface area contributed by atoms with Crippen molar-refractivity contribution in [1.29, 1.82) is 0 Å². The van der Waals surface area contributed by atoms with Gasteiger partial charge in [0.05, 0.1) is 11.7 Å². The van der Waals surface area contributed by atoms with E-state index in [1.807, 2.05) is 13.0 Å². The van der Waals surface area contributed by atoms with Gasteiger partial charge in [-0.25, -0.2) is 0 Å². The Bertz CT molecular complexity index is 941. The van der Waals surface area contributed by atoms with E-state index in [-0.39, 0.29) is 6.04 Å². The van der Waals surface area contributed by atoms with Gasteiger partial charge in [0.2, 0.25) is 0 Å². The van der Waals surface area contributed by atoms with Crippen molar-refractivity contribution in [1.82, 2.24) is 10.3 Å².